The van der Waals surface area contributed by atoms with Crippen molar-refractivity contribution < 1.29 is 4.74 Å². The van der Waals surface area contributed by atoms with Gasteiger partial charge in [0.15, 0.2) is 5.82 Å². The summed E-state index contributed by atoms with van der Waals surface area (Å²) in [5.74, 6) is 1.94. The number of nitrogens with two attached hydrogens (primary N) is 1. The summed E-state index contributed by atoms with van der Waals surface area (Å²) >= 11 is 0. The van der Waals surface area contributed by atoms with E-state index in [4.69, 9.17) is 10.5 Å². The molecule has 0 saturated heterocycles. The van der Waals surface area contributed by atoms with Crippen molar-refractivity contribution in [3.8, 4) is 0 Å². The van der Waals surface area contributed by atoms with Crippen molar-refractivity contribution in [1.82, 2.24) is 14.8 Å². The van der Waals surface area contributed by atoms with Crippen LogP contribution in [0.15, 0.2) is 0 Å². The van der Waals surface area contributed by atoms with Crippen LogP contribution in [-0.2, 0) is 17.6 Å². The summed E-state index contributed by atoms with van der Waals surface area (Å²) in [6, 6.07) is 0. The van der Waals surface area contributed by atoms with Crippen LogP contribution in [0.5, 0.6) is 0 Å². The van der Waals surface area contributed by atoms with Crippen LogP contribution in [0.3, 0.4) is 0 Å². The maximum absolute atomic E-state index is 5.95. The third kappa shape index (κ3) is 2.35. The van der Waals surface area contributed by atoms with E-state index in [1.54, 1.807) is 7.11 Å². The number of aromatic nitrogens is 3. The number of aryl methyl sites for hydroxylation is 2. The molecule has 2 N–H and O–H groups in total. The van der Waals surface area contributed by atoms with Gasteiger partial charge in [-0.05, 0) is 19.3 Å². The molecule has 1 atom stereocenters. The fourth-order valence-corrected chi connectivity index (χ4v) is 1.91. The Morgan fingerprint density at radius 2 is 2.47 bits per heavy atom. The van der Waals surface area contributed by atoms with Crippen molar-refractivity contribution in [2.45, 2.75) is 38.3 Å². The second-order valence-electron chi connectivity index (χ2n) is 3.94. The molecule has 15 heavy (non-hydrogen) atoms. The van der Waals surface area contributed by atoms with Crippen molar-refractivity contribution in [1.29, 1.82) is 0 Å². The van der Waals surface area contributed by atoms with Crippen LogP contribution in [-0.4, -0.2) is 28.5 Å². The molecular weight excluding hydrogens is 192 g/mol. The zero-order valence-electron chi connectivity index (χ0n) is 9.15. The van der Waals surface area contributed by atoms with E-state index in [9.17, 15) is 0 Å². The van der Waals surface area contributed by atoms with Gasteiger partial charge in [0.1, 0.15) is 12.0 Å². The van der Waals surface area contributed by atoms with Gasteiger partial charge in [0, 0.05) is 26.6 Å². The van der Waals surface area contributed by atoms with Gasteiger partial charge in [-0.3, -0.25) is 0 Å². The molecule has 0 bridgehead atoms. The molecule has 1 aromatic heterocycles. The highest BCUT2D eigenvalue weighted by atomic mass is 16.5. The van der Waals surface area contributed by atoms with Gasteiger partial charge in [-0.15, -0.1) is 0 Å². The lowest BCUT2D eigenvalue weighted by Crippen LogP contribution is -2.25. The van der Waals surface area contributed by atoms with E-state index >= 15 is 0 Å². The number of methoxy groups -OCH3 is 1. The topological polar surface area (TPSA) is 66.0 Å². The first-order chi connectivity index (χ1) is 7.31. The molecule has 1 unspecified atom stereocenters. The van der Waals surface area contributed by atoms with Gasteiger partial charge in [-0.25, -0.2) is 9.67 Å². The molecule has 5 nitrogen and oxygen atoms in total. The lowest BCUT2D eigenvalue weighted by Gasteiger charge is -2.18. The third-order valence-electron chi connectivity index (χ3n) is 2.71. The Kier molecular flexibility index (Phi) is 3.33. The molecular formula is C10H18N4O. The van der Waals surface area contributed by atoms with Crippen molar-refractivity contribution in [2.75, 3.05) is 13.7 Å². The van der Waals surface area contributed by atoms with Gasteiger partial charge in [0.2, 0.25) is 0 Å². The van der Waals surface area contributed by atoms with Gasteiger partial charge >= 0.3 is 0 Å². The standard InChI is InChI=1S/C10H18N4O/c1-15-7-3-5-9-12-10-6-2-4-8(11)14(10)13-9/h8H,2-7,11H2,1H3. The largest absolute Gasteiger partial charge is 0.385 e. The Balaban J connectivity index is 2.01. The molecule has 5 heteroatoms. The summed E-state index contributed by atoms with van der Waals surface area (Å²) in [5.41, 5.74) is 5.95. The lowest BCUT2D eigenvalue weighted by atomic mass is 10.1. The highest BCUT2D eigenvalue weighted by Crippen LogP contribution is 2.18. The van der Waals surface area contributed by atoms with Crippen molar-refractivity contribution in [3.63, 3.8) is 0 Å². The summed E-state index contributed by atoms with van der Waals surface area (Å²) in [6.45, 7) is 0.760. The number of ether oxygens (including phenoxy) is 1. The Bertz CT molecular complexity index is 323. The quantitative estimate of drug-likeness (QED) is 0.741. The number of rotatable bonds is 4. The number of nitrogens with zero attached hydrogens (tertiary/aromatic N) is 3. The molecule has 0 saturated carbocycles. The van der Waals surface area contributed by atoms with Crippen LogP contribution in [0.1, 0.15) is 37.1 Å². The summed E-state index contributed by atoms with van der Waals surface area (Å²) in [5, 5.41) is 4.43. The highest BCUT2D eigenvalue weighted by molar-refractivity contribution is 4.97. The van der Waals surface area contributed by atoms with Gasteiger partial charge < -0.3 is 10.5 Å². The minimum Gasteiger partial charge on any atom is -0.385 e. The summed E-state index contributed by atoms with van der Waals surface area (Å²) in [6.07, 6.45) is 5.00. The second kappa shape index (κ2) is 4.72. The molecule has 0 amide bonds. The van der Waals surface area contributed by atoms with Gasteiger partial charge in [0.25, 0.3) is 0 Å². The first kappa shape index (κ1) is 10.6. The molecule has 84 valence electrons. The normalized spacial score (nSPS) is 20.3. The zero-order valence-corrected chi connectivity index (χ0v) is 9.15. The van der Waals surface area contributed by atoms with Crippen molar-refractivity contribution in [3.05, 3.63) is 11.6 Å². The average molecular weight is 210 g/mol. The van der Waals surface area contributed by atoms with Gasteiger partial charge in [-0.2, -0.15) is 5.10 Å². The third-order valence-corrected chi connectivity index (χ3v) is 2.71. The van der Waals surface area contributed by atoms with Crippen LogP contribution in [0.2, 0.25) is 0 Å². The van der Waals surface area contributed by atoms with Crippen LogP contribution in [0.4, 0.5) is 0 Å². The van der Waals surface area contributed by atoms with E-state index in [2.05, 4.69) is 10.1 Å². The number of hydrogen-bond acceptors (Lipinski definition) is 4. The summed E-state index contributed by atoms with van der Waals surface area (Å²) in [7, 11) is 1.71. The molecule has 0 radical (unpaired) electrons. The molecule has 1 aliphatic heterocycles. The van der Waals surface area contributed by atoms with Gasteiger partial charge in [0.05, 0.1) is 0 Å². The predicted octanol–water partition coefficient (Wildman–Crippen LogP) is 0.651. The molecule has 0 fully saturated rings. The van der Waals surface area contributed by atoms with Crippen molar-refractivity contribution >= 4 is 0 Å². The Morgan fingerprint density at radius 3 is 3.20 bits per heavy atom. The van der Waals surface area contributed by atoms with Crippen LogP contribution >= 0.6 is 0 Å². The second-order valence-corrected chi connectivity index (χ2v) is 3.94. The van der Waals surface area contributed by atoms with Crippen LogP contribution in [0.25, 0.3) is 0 Å². The smallest absolute Gasteiger partial charge is 0.151 e. The monoisotopic (exact) mass is 210 g/mol. The maximum atomic E-state index is 5.95. The molecule has 1 aromatic rings. The van der Waals surface area contributed by atoms with E-state index in [-0.39, 0.29) is 6.17 Å². The Labute approximate surface area is 89.6 Å². The van der Waals surface area contributed by atoms with E-state index in [0.717, 1.165) is 50.4 Å². The molecule has 2 heterocycles. The van der Waals surface area contributed by atoms with E-state index in [1.807, 2.05) is 4.68 Å². The maximum Gasteiger partial charge on any atom is 0.151 e. The Morgan fingerprint density at radius 1 is 1.60 bits per heavy atom. The summed E-state index contributed by atoms with van der Waals surface area (Å²) in [4.78, 5) is 4.49. The van der Waals surface area contributed by atoms with Crippen LogP contribution in [0, 0.1) is 0 Å². The zero-order chi connectivity index (χ0) is 10.7. The molecule has 1 aliphatic rings. The molecule has 0 spiro atoms. The number of hydrogen-bond donors (Lipinski definition) is 1. The average Bonchev–Trinajstić information content (AvgIpc) is 2.63. The lowest BCUT2D eigenvalue weighted by molar-refractivity contribution is 0.194. The highest BCUT2D eigenvalue weighted by Gasteiger charge is 2.19. The molecule has 0 aliphatic carbocycles. The minimum absolute atomic E-state index is 0.0254. The van der Waals surface area contributed by atoms with Crippen molar-refractivity contribution in [2.24, 2.45) is 5.73 Å². The first-order valence-corrected chi connectivity index (χ1v) is 5.50. The fraction of sp³-hybridized carbons (Fsp3) is 0.800. The minimum atomic E-state index is 0.0254. The van der Waals surface area contributed by atoms with Crippen LogP contribution < -0.4 is 5.73 Å². The molecule has 0 aromatic carbocycles. The first-order valence-electron chi connectivity index (χ1n) is 5.50. The molecule has 2 rings (SSSR count). The Hall–Kier alpha value is -0.940. The predicted molar refractivity (Wildman–Crippen MR) is 56.4 cm³/mol. The van der Waals surface area contributed by atoms with E-state index in [1.165, 1.54) is 0 Å². The number of fused-ring (bicyclic) bond motifs is 1. The fourth-order valence-electron chi connectivity index (χ4n) is 1.91. The SMILES string of the molecule is COCCCc1nc2n(n1)C(N)CCC2. The van der Waals surface area contributed by atoms with E-state index < -0.39 is 0 Å². The van der Waals surface area contributed by atoms with Gasteiger partial charge in [-0.1, -0.05) is 0 Å². The van der Waals surface area contributed by atoms with E-state index in [0.29, 0.717) is 0 Å². The summed E-state index contributed by atoms with van der Waals surface area (Å²) < 4.78 is 6.88.